The van der Waals surface area contributed by atoms with Gasteiger partial charge in [0.25, 0.3) is 0 Å². The van der Waals surface area contributed by atoms with Crippen molar-refractivity contribution in [1.29, 1.82) is 0 Å². The number of β-amino-alcohol motifs (C(OH)–C–C–N with tert-alkyl or cyclic N) is 1. The molecule has 1 fully saturated rings. The van der Waals surface area contributed by atoms with Gasteiger partial charge in [-0.25, -0.2) is 8.42 Å². The van der Waals surface area contributed by atoms with Gasteiger partial charge in [0.15, 0.2) is 0 Å². The molecule has 8 heteroatoms. The average molecular weight is 372 g/mol. The fraction of sp³-hybridized carbons (Fsp3) is 0.647. The molecule has 0 bridgehead atoms. The summed E-state index contributed by atoms with van der Waals surface area (Å²) in [7, 11) is -3.73. The van der Waals surface area contributed by atoms with Gasteiger partial charge in [-0.15, -0.1) is 0 Å². The maximum atomic E-state index is 12.8. The van der Waals surface area contributed by atoms with Gasteiger partial charge < -0.3 is 15.3 Å². The number of piperidine rings is 1. The summed E-state index contributed by atoms with van der Waals surface area (Å²) in [6.07, 6.45) is -0.858. The smallest absolute Gasteiger partial charge is 0.243 e. The Labute approximate surface area is 149 Å². The zero-order valence-corrected chi connectivity index (χ0v) is 15.6. The van der Waals surface area contributed by atoms with Gasteiger partial charge in [-0.1, -0.05) is 18.2 Å². The molecular weight excluding hydrogens is 344 g/mol. The Bertz CT molecular complexity index is 652. The number of nitrogens with zero attached hydrogens (tertiary/aromatic N) is 2. The Morgan fingerprint density at radius 3 is 2.52 bits per heavy atom. The number of sulfonamides is 1. The Balaban J connectivity index is 2.23. The monoisotopic (exact) mass is 372 g/mol. The third kappa shape index (κ3) is 4.58. The minimum atomic E-state index is -3.73. The van der Waals surface area contributed by atoms with Gasteiger partial charge in [-0.2, -0.15) is 4.31 Å². The molecule has 0 radical (unpaired) electrons. The number of aliphatic hydroxyl groups excluding tert-OH is 2. The van der Waals surface area contributed by atoms with Crippen molar-refractivity contribution in [3.8, 4) is 0 Å². The van der Waals surface area contributed by atoms with Crippen molar-refractivity contribution < 1.29 is 23.7 Å². The van der Waals surface area contributed by atoms with Crippen LogP contribution in [0.5, 0.6) is 0 Å². The van der Waals surface area contributed by atoms with Crippen LogP contribution in [0.3, 0.4) is 0 Å². The second-order valence-corrected chi connectivity index (χ2v) is 8.79. The zero-order valence-electron chi connectivity index (χ0n) is 14.7. The van der Waals surface area contributed by atoms with Crippen LogP contribution in [-0.4, -0.2) is 83.5 Å². The first-order chi connectivity index (χ1) is 11.7. The minimum Gasteiger partial charge on any atom is -0.395 e. The normalized spacial score (nSPS) is 25.6. The number of hydrogen-bond acceptors (Lipinski definition) is 6. The molecule has 1 aromatic rings. The Hall–Kier alpha value is -1.03. The number of benzene rings is 1. The van der Waals surface area contributed by atoms with E-state index in [-0.39, 0.29) is 43.6 Å². The van der Waals surface area contributed by atoms with Gasteiger partial charge in [0.2, 0.25) is 10.0 Å². The molecule has 0 amide bonds. The summed E-state index contributed by atoms with van der Waals surface area (Å²) in [6, 6.07) is 8.13. The summed E-state index contributed by atoms with van der Waals surface area (Å²) in [5.74, 6) is 0. The number of aliphatic hydroxyl groups is 3. The van der Waals surface area contributed by atoms with Crippen molar-refractivity contribution in [2.75, 3.05) is 32.8 Å². The van der Waals surface area contributed by atoms with Gasteiger partial charge in [0.05, 0.1) is 17.6 Å². The zero-order chi connectivity index (χ0) is 18.7. The first kappa shape index (κ1) is 20.3. The molecule has 1 aliphatic heterocycles. The van der Waals surface area contributed by atoms with Crippen molar-refractivity contribution in [2.24, 2.45) is 0 Å². The van der Waals surface area contributed by atoms with Crippen molar-refractivity contribution >= 4 is 10.0 Å². The van der Waals surface area contributed by atoms with Gasteiger partial charge >= 0.3 is 0 Å². The van der Waals surface area contributed by atoms with E-state index in [0.29, 0.717) is 6.54 Å². The molecule has 0 saturated carbocycles. The first-order valence-electron chi connectivity index (χ1n) is 8.51. The predicted molar refractivity (Wildman–Crippen MR) is 94.6 cm³/mol. The van der Waals surface area contributed by atoms with Gasteiger partial charge in [0, 0.05) is 32.2 Å². The van der Waals surface area contributed by atoms with Crippen molar-refractivity contribution in [2.45, 2.75) is 42.9 Å². The maximum Gasteiger partial charge on any atom is 0.243 e. The first-order valence-corrected chi connectivity index (χ1v) is 9.95. The van der Waals surface area contributed by atoms with E-state index in [2.05, 4.69) is 0 Å². The molecule has 0 aromatic heterocycles. The molecule has 0 unspecified atom stereocenters. The molecule has 1 saturated heterocycles. The Morgan fingerprint density at radius 2 is 1.96 bits per heavy atom. The van der Waals surface area contributed by atoms with Gasteiger partial charge in [-0.05, 0) is 32.4 Å². The number of hydrogen-bond donors (Lipinski definition) is 3. The maximum absolute atomic E-state index is 12.8. The van der Waals surface area contributed by atoms with E-state index in [9.17, 15) is 23.7 Å². The second kappa shape index (κ2) is 8.11. The van der Waals surface area contributed by atoms with Crippen molar-refractivity contribution in [3.63, 3.8) is 0 Å². The highest BCUT2D eigenvalue weighted by Gasteiger charge is 2.45. The van der Waals surface area contributed by atoms with Gasteiger partial charge in [-0.3, -0.25) is 4.90 Å². The van der Waals surface area contributed by atoms with Crippen LogP contribution in [0, 0.1) is 0 Å². The minimum absolute atomic E-state index is 0.0458. The van der Waals surface area contributed by atoms with Crippen LogP contribution in [0.15, 0.2) is 35.2 Å². The fourth-order valence-corrected chi connectivity index (χ4v) is 4.67. The summed E-state index contributed by atoms with van der Waals surface area (Å²) < 4.78 is 26.8. The highest BCUT2D eigenvalue weighted by atomic mass is 32.2. The highest BCUT2D eigenvalue weighted by Crippen LogP contribution is 2.28. The molecule has 1 aromatic carbocycles. The summed E-state index contributed by atoms with van der Waals surface area (Å²) >= 11 is 0. The summed E-state index contributed by atoms with van der Waals surface area (Å²) in [5, 5.41) is 30.5. The van der Waals surface area contributed by atoms with E-state index < -0.39 is 21.7 Å². The van der Waals surface area contributed by atoms with E-state index in [4.69, 9.17) is 0 Å². The lowest BCUT2D eigenvalue weighted by atomic mass is 9.90. The molecule has 0 spiro atoms. The molecular formula is C17H28N2O5S. The Morgan fingerprint density at radius 1 is 1.32 bits per heavy atom. The van der Waals surface area contributed by atoms with Crippen LogP contribution >= 0.6 is 0 Å². The van der Waals surface area contributed by atoms with Crippen LogP contribution in [0.1, 0.15) is 20.3 Å². The van der Waals surface area contributed by atoms with Crippen molar-refractivity contribution in [3.05, 3.63) is 30.3 Å². The summed E-state index contributed by atoms with van der Waals surface area (Å²) in [4.78, 5) is 2.01. The number of rotatable bonds is 7. The Kier molecular flexibility index (Phi) is 6.58. The third-order valence-corrected chi connectivity index (χ3v) is 6.56. The lowest BCUT2D eigenvalue weighted by Gasteiger charge is -2.45. The van der Waals surface area contributed by atoms with E-state index in [1.165, 1.54) is 16.4 Å². The molecule has 1 heterocycles. The largest absolute Gasteiger partial charge is 0.395 e. The summed E-state index contributed by atoms with van der Waals surface area (Å²) in [6.45, 7) is 4.18. The molecule has 2 atom stereocenters. The highest BCUT2D eigenvalue weighted by molar-refractivity contribution is 7.89. The van der Waals surface area contributed by atoms with E-state index in [0.717, 1.165) is 0 Å². The van der Waals surface area contributed by atoms with E-state index in [1.54, 1.807) is 18.2 Å². The quantitative estimate of drug-likeness (QED) is 0.617. The van der Waals surface area contributed by atoms with Gasteiger partial charge in [0.1, 0.15) is 5.60 Å². The lowest BCUT2D eigenvalue weighted by molar-refractivity contribution is -0.124. The third-order valence-electron chi connectivity index (χ3n) is 4.70. The molecule has 25 heavy (non-hydrogen) atoms. The van der Waals surface area contributed by atoms with Crippen LogP contribution in [0.25, 0.3) is 0 Å². The molecule has 7 nitrogen and oxygen atoms in total. The van der Waals surface area contributed by atoms with Crippen LogP contribution in [-0.2, 0) is 10.0 Å². The fourth-order valence-electron chi connectivity index (χ4n) is 3.13. The van der Waals surface area contributed by atoms with Crippen LogP contribution in [0.4, 0.5) is 0 Å². The van der Waals surface area contributed by atoms with E-state index in [1.807, 2.05) is 18.7 Å². The van der Waals surface area contributed by atoms with Crippen LogP contribution < -0.4 is 0 Å². The molecule has 2 rings (SSSR count). The van der Waals surface area contributed by atoms with Crippen LogP contribution in [0.2, 0.25) is 0 Å². The lowest BCUT2D eigenvalue weighted by Crippen LogP contribution is -2.63. The van der Waals surface area contributed by atoms with E-state index >= 15 is 0 Å². The molecule has 3 N–H and O–H groups in total. The molecule has 142 valence electrons. The molecule has 0 aliphatic carbocycles. The topological polar surface area (TPSA) is 101 Å². The van der Waals surface area contributed by atoms with Crippen molar-refractivity contribution in [1.82, 2.24) is 9.21 Å². The predicted octanol–water partition coefficient (Wildman–Crippen LogP) is -0.124. The second-order valence-electron chi connectivity index (χ2n) is 6.85. The average Bonchev–Trinajstić information content (AvgIpc) is 2.57. The standard InChI is InChI=1S/C17H28N2O5S/c1-14(2)18(10-11-20)12-17(22)13-19(9-8-16(17)21)25(23,24)15-6-4-3-5-7-15/h3-7,14,16,20-22H,8-13H2,1-2H3/t16-,17+/m0/s1. The summed E-state index contributed by atoms with van der Waals surface area (Å²) in [5.41, 5.74) is -1.58. The molecule has 1 aliphatic rings. The SMILES string of the molecule is CC(C)N(CCO)C[C@@]1(O)CN(S(=O)(=O)c2ccccc2)CC[C@@H]1O.